The van der Waals surface area contributed by atoms with Crippen molar-refractivity contribution in [3.8, 4) is 17.0 Å². The highest BCUT2D eigenvalue weighted by molar-refractivity contribution is 7.92. The number of methoxy groups -OCH3 is 1. The van der Waals surface area contributed by atoms with E-state index in [1.54, 1.807) is 36.6 Å². The third-order valence-corrected chi connectivity index (χ3v) is 8.53. The number of thiazole rings is 1. The molecule has 1 aliphatic heterocycles. The van der Waals surface area contributed by atoms with Gasteiger partial charge >= 0.3 is 0 Å². The first-order chi connectivity index (χ1) is 14.0. The number of hydrogen-bond donors (Lipinski definition) is 0. The third-order valence-electron chi connectivity index (χ3n) is 5.13. The maximum absolute atomic E-state index is 12.9. The van der Waals surface area contributed by atoms with Crippen LogP contribution in [0.2, 0.25) is 5.02 Å². The van der Waals surface area contributed by atoms with Crippen LogP contribution >= 0.6 is 22.9 Å². The van der Waals surface area contributed by atoms with Crippen molar-refractivity contribution in [2.75, 3.05) is 25.1 Å². The first-order valence-corrected chi connectivity index (χ1v) is 12.1. The van der Waals surface area contributed by atoms with Crippen LogP contribution in [0.25, 0.3) is 11.3 Å². The third kappa shape index (κ3) is 4.27. The highest BCUT2D eigenvalue weighted by Crippen LogP contribution is 2.33. The first-order valence-electron chi connectivity index (χ1n) is 9.32. The molecular formula is C21H21ClN2O3S2. The Balaban J connectivity index is 1.46. The first kappa shape index (κ1) is 20.2. The van der Waals surface area contributed by atoms with Crippen molar-refractivity contribution < 1.29 is 13.2 Å². The Bertz CT molecular complexity index is 1110. The fraction of sp³-hybridized carbons (Fsp3) is 0.286. The maximum Gasteiger partial charge on any atom is 0.185 e. The molecule has 3 aromatic rings. The summed E-state index contributed by atoms with van der Waals surface area (Å²) < 4.78 is 31.1. The SMILES string of the molecule is COc1cccc(-c2csc(N3CCC(S(=O)(=O)c4cccc(Cl)c4)CC3)n2)c1. The van der Waals surface area contributed by atoms with E-state index in [1.807, 2.05) is 29.6 Å². The molecule has 4 rings (SSSR count). The molecule has 0 spiro atoms. The van der Waals surface area contributed by atoms with Crippen molar-refractivity contribution >= 4 is 37.9 Å². The number of anilines is 1. The number of ether oxygens (including phenoxy) is 1. The molecule has 0 amide bonds. The van der Waals surface area contributed by atoms with Crippen molar-refractivity contribution in [1.82, 2.24) is 4.98 Å². The molecule has 5 nitrogen and oxygen atoms in total. The van der Waals surface area contributed by atoms with E-state index in [0.717, 1.165) is 22.1 Å². The number of piperidine rings is 1. The van der Waals surface area contributed by atoms with E-state index in [2.05, 4.69) is 4.90 Å². The topological polar surface area (TPSA) is 59.5 Å². The van der Waals surface area contributed by atoms with Crippen molar-refractivity contribution in [2.45, 2.75) is 23.0 Å². The smallest absolute Gasteiger partial charge is 0.185 e. The lowest BCUT2D eigenvalue weighted by molar-refractivity contribution is 0.415. The highest BCUT2D eigenvalue weighted by Gasteiger charge is 2.32. The number of rotatable bonds is 5. The molecule has 2 aromatic carbocycles. The highest BCUT2D eigenvalue weighted by atomic mass is 35.5. The summed E-state index contributed by atoms with van der Waals surface area (Å²) in [6.45, 7) is 1.32. The van der Waals surface area contributed by atoms with Gasteiger partial charge in [-0.3, -0.25) is 0 Å². The molecule has 1 fully saturated rings. The molecule has 1 saturated heterocycles. The van der Waals surface area contributed by atoms with Gasteiger partial charge in [0.15, 0.2) is 15.0 Å². The quantitative estimate of drug-likeness (QED) is 0.554. The summed E-state index contributed by atoms with van der Waals surface area (Å²) in [6, 6.07) is 14.3. The largest absolute Gasteiger partial charge is 0.497 e. The molecule has 152 valence electrons. The second-order valence-electron chi connectivity index (χ2n) is 6.94. The molecule has 0 bridgehead atoms. The molecule has 0 atom stereocenters. The zero-order valence-electron chi connectivity index (χ0n) is 15.9. The number of aromatic nitrogens is 1. The van der Waals surface area contributed by atoms with Crippen LogP contribution < -0.4 is 9.64 Å². The predicted molar refractivity (Wildman–Crippen MR) is 118 cm³/mol. The van der Waals surface area contributed by atoms with Gasteiger partial charge in [0.1, 0.15) is 5.75 Å². The van der Waals surface area contributed by atoms with Gasteiger partial charge in [-0.15, -0.1) is 11.3 Å². The number of sulfone groups is 1. The minimum absolute atomic E-state index is 0.304. The fourth-order valence-corrected chi connectivity index (χ4v) is 6.44. The number of benzene rings is 2. The summed E-state index contributed by atoms with van der Waals surface area (Å²) in [5, 5.41) is 2.99. The minimum atomic E-state index is -3.38. The summed E-state index contributed by atoms with van der Waals surface area (Å²) in [6.07, 6.45) is 1.14. The number of nitrogens with zero attached hydrogens (tertiary/aromatic N) is 2. The Morgan fingerprint density at radius 3 is 2.62 bits per heavy atom. The van der Waals surface area contributed by atoms with Crippen LogP contribution in [0.1, 0.15) is 12.8 Å². The van der Waals surface area contributed by atoms with Gasteiger partial charge in [0.2, 0.25) is 0 Å². The van der Waals surface area contributed by atoms with Crippen LogP contribution in [0.15, 0.2) is 58.8 Å². The lowest BCUT2D eigenvalue weighted by atomic mass is 10.1. The molecule has 0 aliphatic carbocycles. The van der Waals surface area contributed by atoms with Crippen LogP contribution in [0.3, 0.4) is 0 Å². The average molecular weight is 449 g/mol. The molecule has 29 heavy (non-hydrogen) atoms. The zero-order valence-corrected chi connectivity index (χ0v) is 18.3. The van der Waals surface area contributed by atoms with Crippen molar-refractivity contribution in [1.29, 1.82) is 0 Å². The summed E-state index contributed by atoms with van der Waals surface area (Å²) in [5.74, 6) is 0.795. The van der Waals surface area contributed by atoms with Gasteiger partial charge in [-0.2, -0.15) is 0 Å². The van der Waals surface area contributed by atoms with Crippen LogP contribution in [-0.2, 0) is 9.84 Å². The van der Waals surface area contributed by atoms with Gasteiger partial charge in [-0.05, 0) is 43.2 Å². The van der Waals surface area contributed by atoms with E-state index in [4.69, 9.17) is 21.3 Å². The van der Waals surface area contributed by atoms with Crippen LogP contribution in [0.4, 0.5) is 5.13 Å². The van der Waals surface area contributed by atoms with Gasteiger partial charge in [0.05, 0.1) is 22.9 Å². The van der Waals surface area contributed by atoms with Crippen molar-refractivity contribution in [3.05, 3.63) is 58.9 Å². The summed E-state index contributed by atoms with van der Waals surface area (Å²) >= 11 is 7.56. The molecule has 1 aromatic heterocycles. The average Bonchev–Trinajstić information content (AvgIpc) is 3.24. The van der Waals surface area contributed by atoms with Crippen molar-refractivity contribution in [3.63, 3.8) is 0 Å². The van der Waals surface area contributed by atoms with Crippen molar-refractivity contribution in [2.24, 2.45) is 0 Å². The Kier molecular flexibility index (Phi) is 5.81. The fourth-order valence-electron chi connectivity index (χ4n) is 3.52. The Labute approximate surface area is 179 Å². The van der Waals surface area contributed by atoms with Gasteiger partial charge < -0.3 is 9.64 Å². The summed E-state index contributed by atoms with van der Waals surface area (Å²) in [5.41, 5.74) is 1.91. The molecule has 2 heterocycles. The number of hydrogen-bond acceptors (Lipinski definition) is 6. The maximum atomic E-state index is 12.9. The Morgan fingerprint density at radius 1 is 1.14 bits per heavy atom. The molecule has 0 unspecified atom stereocenters. The second-order valence-corrected chi connectivity index (χ2v) is 10.4. The molecule has 0 saturated carbocycles. The normalized spacial score (nSPS) is 15.4. The molecule has 8 heteroatoms. The number of halogens is 1. The summed E-state index contributed by atoms with van der Waals surface area (Å²) in [7, 11) is -1.73. The van der Waals surface area contributed by atoms with Gasteiger partial charge in [-0.1, -0.05) is 29.8 Å². The van der Waals surface area contributed by atoms with E-state index >= 15 is 0 Å². The van der Waals surface area contributed by atoms with E-state index in [-0.39, 0.29) is 0 Å². The van der Waals surface area contributed by atoms with E-state index < -0.39 is 15.1 Å². The lowest BCUT2D eigenvalue weighted by Crippen LogP contribution is -2.39. The standard InChI is InChI=1S/C21H21ClN2O3S2/c1-27-17-6-2-4-15(12-17)20-14-28-21(23-20)24-10-8-18(9-11-24)29(25,26)19-7-3-5-16(22)13-19/h2-7,12-14,18H,8-11H2,1H3. The van der Waals surface area contributed by atoms with Gasteiger partial charge in [0.25, 0.3) is 0 Å². The minimum Gasteiger partial charge on any atom is -0.497 e. The van der Waals surface area contributed by atoms with E-state index in [9.17, 15) is 8.42 Å². The monoisotopic (exact) mass is 448 g/mol. The van der Waals surface area contributed by atoms with Crippen LogP contribution in [0.5, 0.6) is 5.75 Å². The molecule has 0 radical (unpaired) electrons. The van der Waals surface area contributed by atoms with Crippen LogP contribution in [0, 0.1) is 0 Å². The molecule has 1 aliphatic rings. The lowest BCUT2D eigenvalue weighted by Gasteiger charge is -2.31. The zero-order chi connectivity index (χ0) is 20.4. The van der Waals surface area contributed by atoms with Crippen LogP contribution in [-0.4, -0.2) is 38.9 Å². The van der Waals surface area contributed by atoms with Gasteiger partial charge in [0, 0.05) is 29.1 Å². The molecule has 0 N–H and O–H groups in total. The molecular weight excluding hydrogens is 428 g/mol. The summed E-state index contributed by atoms with van der Waals surface area (Å²) in [4.78, 5) is 7.23. The predicted octanol–water partition coefficient (Wildman–Crippen LogP) is 4.91. The Morgan fingerprint density at radius 2 is 1.90 bits per heavy atom. The second kappa shape index (κ2) is 8.34. The Hall–Kier alpha value is -2.09. The van der Waals surface area contributed by atoms with E-state index in [0.29, 0.717) is 35.8 Å². The van der Waals surface area contributed by atoms with Gasteiger partial charge in [-0.25, -0.2) is 13.4 Å². The van der Waals surface area contributed by atoms with E-state index in [1.165, 1.54) is 6.07 Å².